The molecule has 0 aromatic heterocycles. The average Bonchev–Trinajstić information content (AvgIpc) is 3.08. The fourth-order valence-electron chi connectivity index (χ4n) is 3.91. The van der Waals surface area contributed by atoms with Crippen LogP contribution in [0.1, 0.15) is 30.0 Å². The third-order valence-electron chi connectivity index (χ3n) is 5.33. The van der Waals surface area contributed by atoms with E-state index >= 15 is 0 Å². The zero-order valence-electron chi connectivity index (χ0n) is 16.0. The number of esters is 1. The quantitative estimate of drug-likeness (QED) is 0.454. The highest BCUT2D eigenvalue weighted by Gasteiger charge is 2.40. The van der Waals surface area contributed by atoms with Crippen molar-refractivity contribution in [2.75, 3.05) is 6.61 Å². The van der Waals surface area contributed by atoms with Gasteiger partial charge in [0.2, 0.25) is 0 Å². The Balaban J connectivity index is 1.80. The molecule has 142 valence electrons. The van der Waals surface area contributed by atoms with E-state index in [2.05, 4.69) is 36.4 Å². The van der Waals surface area contributed by atoms with Crippen molar-refractivity contribution in [3.63, 3.8) is 0 Å². The summed E-state index contributed by atoms with van der Waals surface area (Å²) >= 11 is 0. The second-order valence-corrected chi connectivity index (χ2v) is 7.29. The number of hydrogen-bond acceptors (Lipinski definition) is 3. The van der Waals surface area contributed by atoms with E-state index in [1.54, 1.807) is 0 Å². The van der Waals surface area contributed by atoms with E-state index in [0.717, 1.165) is 16.7 Å². The number of carbonyl (C=O) groups excluding carboxylic acids is 1. The van der Waals surface area contributed by atoms with Gasteiger partial charge >= 0.3 is 5.97 Å². The Kier molecular flexibility index (Phi) is 5.27. The molecule has 3 aromatic rings. The molecular weight excluding hydrogens is 348 g/mol. The van der Waals surface area contributed by atoms with Gasteiger partial charge in [0.05, 0.1) is 12.5 Å². The van der Waals surface area contributed by atoms with Gasteiger partial charge in [-0.1, -0.05) is 97.9 Å². The number of carbonyl (C=O) groups is 1. The molecule has 3 nitrogen and oxygen atoms in total. The van der Waals surface area contributed by atoms with Crippen LogP contribution in [0.25, 0.3) is 0 Å². The van der Waals surface area contributed by atoms with Crippen LogP contribution >= 0.6 is 0 Å². The molecule has 28 heavy (non-hydrogen) atoms. The summed E-state index contributed by atoms with van der Waals surface area (Å²) in [5.41, 5.74) is 2.36. The standard InChI is InChI=1S/C25H24O3/c1-19-17-23(28-24(19)26)18-27-25(20-11-5-2-6-12-20,21-13-7-3-8-14-21)22-15-9-4-10-16-22/h2-16,19,23H,17-18H2,1H3/t19-,23+/m0/s1. The van der Waals surface area contributed by atoms with Crippen molar-refractivity contribution in [2.45, 2.75) is 25.0 Å². The fraction of sp³-hybridized carbons (Fsp3) is 0.240. The summed E-state index contributed by atoms with van der Waals surface area (Å²) in [7, 11) is 0. The van der Waals surface area contributed by atoms with Crippen LogP contribution in [0, 0.1) is 5.92 Å². The smallest absolute Gasteiger partial charge is 0.309 e. The van der Waals surface area contributed by atoms with Crippen molar-refractivity contribution < 1.29 is 14.3 Å². The van der Waals surface area contributed by atoms with Crippen molar-refractivity contribution in [3.8, 4) is 0 Å². The first-order valence-corrected chi connectivity index (χ1v) is 9.71. The van der Waals surface area contributed by atoms with Crippen LogP contribution in [0.5, 0.6) is 0 Å². The third kappa shape index (κ3) is 3.46. The van der Waals surface area contributed by atoms with Crippen LogP contribution in [-0.2, 0) is 19.9 Å². The molecular formula is C25H24O3. The van der Waals surface area contributed by atoms with E-state index in [-0.39, 0.29) is 18.0 Å². The van der Waals surface area contributed by atoms with Crippen molar-refractivity contribution in [1.29, 1.82) is 0 Å². The highest BCUT2D eigenvalue weighted by molar-refractivity contribution is 5.74. The lowest BCUT2D eigenvalue weighted by Crippen LogP contribution is -2.35. The topological polar surface area (TPSA) is 35.5 Å². The monoisotopic (exact) mass is 372 g/mol. The van der Waals surface area contributed by atoms with Gasteiger partial charge in [0.1, 0.15) is 11.7 Å². The van der Waals surface area contributed by atoms with Gasteiger partial charge in [0.25, 0.3) is 0 Å². The first-order chi connectivity index (χ1) is 13.7. The molecule has 1 saturated heterocycles. The van der Waals surface area contributed by atoms with E-state index in [4.69, 9.17) is 9.47 Å². The molecule has 3 aromatic carbocycles. The van der Waals surface area contributed by atoms with Gasteiger partial charge < -0.3 is 9.47 Å². The highest BCUT2D eigenvalue weighted by Crippen LogP contribution is 2.41. The van der Waals surface area contributed by atoms with Gasteiger partial charge in [-0.15, -0.1) is 0 Å². The summed E-state index contributed by atoms with van der Waals surface area (Å²) in [4.78, 5) is 11.8. The molecule has 4 rings (SSSR count). The van der Waals surface area contributed by atoms with Gasteiger partial charge in [-0.05, 0) is 23.1 Å². The minimum Gasteiger partial charge on any atom is -0.460 e. The Morgan fingerprint density at radius 1 is 0.821 bits per heavy atom. The first kappa shape index (κ1) is 18.5. The van der Waals surface area contributed by atoms with Gasteiger partial charge in [0, 0.05) is 0 Å². The van der Waals surface area contributed by atoms with Gasteiger partial charge in [-0.25, -0.2) is 0 Å². The summed E-state index contributed by atoms with van der Waals surface area (Å²) in [6.07, 6.45) is 0.464. The van der Waals surface area contributed by atoms with Crippen molar-refractivity contribution in [2.24, 2.45) is 5.92 Å². The van der Waals surface area contributed by atoms with Crippen LogP contribution < -0.4 is 0 Å². The molecule has 0 radical (unpaired) electrons. The van der Waals surface area contributed by atoms with E-state index in [9.17, 15) is 4.79 Å². The molecule has 0 aliphatic carbocycles. The van der Waals surface area contributed by atoms with Crippen molar-refractivity contribution >= 4 is 5.97 Å². The lowest BCUT2D eigenvalue weighted by Gasteiger charge is -2.36. The van der Waals surface area contributed by atoms with E-state index in [1.165, 1.54) is 0 Å². The Hall–Kier alpha value is -2.91. The number of benzene rings is 3. The molecule has 2 atom stereocenters. The third-order valence-corrected chi connectivity index (χ3v) is 5.33. The largest absolute Gasteiger partial charge is 0.460 e. The summed E-state index contributed by atoms with van der Waals surface area (Å²) in [5.74, 6) is -0.216. The fourth-order valence-corrected chi connectivity index (χ4v) is 3.91. The molecule has 1 aliphatic heterocycles. The van der Waals surface area contributed by atoms with Gasteiger partial charge in [0.15, 0.2) is 0 Å². The SMILES string of the molecule is C[C@H]1C[C@H](COC(c2ccccc2)(c2ccccc2)c2ccccc2)OC1=O. The molecule has 1 aliphatic rings. The molecule has 0 spiro atoms. The van der Waals surface area contributed by atoms with Crippen LogP contribution in [0.2, 0.25) is 0 Å². The predicted molar refractivity (Wildman–Crippen MR) is 109 cm³/mol. The van der Waals surface area contributed by atoms with Crippen molar-refractivity contribution in [3.05, 3.63) is 108 Å². The maximum atomic E-state index is 11.8. The summed E-state index contributed by atoms with van der Waals surface area (Å²) in [6, 6.07) is 30.7. The van der Waals surface area contributed by atoms with E-state index in [0.29, 0.717) is 13.0 Å². The lowest BCUT2D eigenvalue weighted by atomic mass is 9.80. The first-order valence-electron chi connectivity index (χ1n) is 9.71. The van der Waals surface area contributed by atoms with E-state index in [1.807, 2.05) is 61.5 Å². The zero-order valence-corrected chi connectivity index (χ0v) is 16.0. The lowest BCUT2D eigenvalue weighted by molar-refractivity contribution is -0.147. The minimum atomic E-state index is -0.776. The summed E-state index contributed by atoms with van der Waals surface area (Å²) < 4.78 is 12.2. The molecule has 0 N–H and O–H groups in total. The van der Waals surface area contributed by atoms with Gasteiger partial charge in [-0.2, -0.15) is 0 Å². The normalized spacial score (nSPS) is 19.4. The molecule has 0 amide bonds. The summed E-state index contributed by atoms with van der Waals surface area (Å²) in [6.45, 7) is 2.25. The Bertz CT molecular complexity index is 810. The number of ether oxygens (including phenoxy) is 2. The van der Waals surface area contributed by atoms with E-state index < -0.39 is 5.60 Å². The molecule has 0 saturated carbocycles. The van der Waals surface area contributed by atoms with Gasteiger partial charge in [-0.3, -0.25) is 4.79 Å². The number of cyclic esters (lactones) is 1. The highest BCUT2D eigenvalue weighted by atomic mass is 16.6. The average molecular weight is 372 g/mol. The molecule has 3 heteroatoms. The second-order valence-electron chi connectivity index (χ2n) is 7.29. The maximum absolute atomic E-state index is 11.8. The van der Waals surface area contributed by atoms with Crippen LogP contribution in [0.3, 0.4) is 0 Å². The Morgan fingerprint density at radius 2 is 1.25 bits per heavy atom. The van der Waals surface area contributed by atoms with Crippen LogP contribution in [0.4, 0.5) is 0 Å². The number of rotatable bonds is 6. The molecule has 1 heterocycles. The number of hydrogen-bond donors (Lipinski definition) is 0. The predicted octanol–water partition coefficient (Wildman–Crippen LogP) is 4.95. The zero-order chi connectivity index (χ0) is 19.4. The Morgan fingerprint density at radius 3 is 1.61 bits per heavy atom. The molecule has 1 fully saturated rings. The minimum absolute atomic E-state index is 0.0758. The van der Waals surface area contributed by atoms with Crippen LogP contribution in [0.15, 0.2) is 91.0 Å². The van der Waals surface area contributed by atoms with Crippen molar-refractivity contribution in [1.82, 2.24) is 0 Å². The molecule has 0 unspecified atom stereocenters. The Labute approximate surface area is 165 Å². The molecule has 0 bridgehead atoms. The summed E-state index contributed by atoms with van der Waals surface area (Å²) in [5, 5.41) is 0. The second kappa shape index (κ2) is 7.99. The maximum Gasteiger partial charge on any atom is 0.309 e. The van der Waals surface area contributed by atoms with Crippen LogP contribution in [-0.4, -0.2) is 18.7 Å².